The zero-order chi connectivity index (χ0) is 40.2. The summed E-state index contributed by atoms with van der Waals surface area (Å²) in [6.07, 6.45) is 1.07. The largest absolute Gasteiger partial charge is 0.467 e. The Kier molecular flexibility index (Phi) is 17.9. The number of methoxy groups -OCH3 is 3. The van der Waals surface area contributed by atoms with E-state index in [9.17, 15) is 24.0 Å². The second-order valence-electron chi connectivity index (χ2n) is 15.5. The van der Waals surface area contributed by atoms with Crippen molar-refractivity contribution in [3.05, 3.63) is 35.9 Å². The lowest BCUT2D eigenvalue weighted by Gasteiger charge is -2.41. The van der Waals surface area contributed by atoms with E-state index in [4.69, 9.17) is 14.2 Å². The van der Waals surface area contributed by atoms with Gasteiger partial charge in [0.25, 0.3) is 0 Å². The van der Waals surface area contributed by atoms with Gasteiger partial charge in [-0.2, -0.15) is 0 Å². The molecule has 0 bridgehead atoms. The Labute approximate surface area is 317 Å². The predicted octanol–water partition coefficient (Wildman–Crippen LogP) is 3.29. The summed E-state index contributed by atoms with van der Waals surface area (Å²) >= 11 is 0. The van der Waals surface area contributed by atoms with Crippen LogP contribution in [0.25, 0.3) is 0 Å². The van der Waals surface area contributed by atoms with Crippen molar-refractivity contribution in [1.29, 1.82) is 0 Å². The molecule has 0 radical (unpaired) electrons. The van der Waals surface area contributed by atoms with E-state index in [0.29, 0.717) is 13.0 Å². The van der Waals surface area contributed by atoms with Gasteiger partial charge < -0.3 is 34.6 Å². The average molecular weight is 746 g/mol. The fourth-order valence-electron chi connectivity index (χ4n) is 7.05. The van der Waals surface area contributed by atoms with E-state index in [1.54, 1.807) is 49.6 Å². The second-order valence-corrected chi connectivity index (χ2v) is 15.5. The third-order valence-electron chi connectivity index (χ3n) is 11.2. The lowest BCUT2D eigenvalue weighted by atomic mass is 9.89. The van der Waals surface area contributed by atoms with E-state index in [-0.39, 0.29) is 48.3 Å². The van der Waals surface area contributed by atoms with Crippen molar-refractivity contribution in [2.75, 3.05) is 49.0 Å². The van der Waals surface area contributed by atoms with Gasteiger partial charge in [0.2, 0.25) is 23.6 Å². The highest BCUT2D eigenvalue weighted by Gasteiger charge is 2.44. The molecule has 0 spiro atoms. The number of benzene rings is 1. The van der Waals surface area contributed by atoms with E-state index in [2.05, 4.69) is 10.6 Å². The number of likely N-dealkylation sites (tertiary alicyclic amines) is 1. The molecule has 8 atom stereocenters. The molecule has 1 heterocycles. The van der Waals surface area contributed by atoms with Crippen LogP contribution >= 0.6 is 0 Å². The van der Waals surface area contributed by atoms with Crippen molar-refractivity contribution < 1.29 is 38.2 Å². The number of likely N-dealkylation sites (N-methyl/N-ethyl adjacent to an activating group) is 2. The van der Waals surface area contributed by atoms with Crippen molar-refractivity contribution in [2.45, 2.75) is 122 Å². The van der Waals surface area contributed by atoms with Crippen molar-refractivity contribution in [1.82, 2.24) is 25.3 Å². The lowest BCUT2D eigenvalue weighted by Crippen LogP contribution is -2.61. The summed E-state index contributed by atoms with van der Waals surface area (Å²) in [7, 11) is 9.72. The van der Waals surface area contributed by atoms with Gasteiger partial charge in [-0.25, -0.2) is 4.79 Å². The number of amides is 4. The lowest BCUT2D eigenvalue weighted by molar-refractivity contribution is -0.149. The van der Waals surface area contributed by atoms with Crippen molar-refractivity contribution in [3.8, 4) is 0 Å². The maximum Gasteiger partial charge on any atom is 0.328 e. The maximum atomic E-state index is 14.2. The van der Waals surface area contributed by atoms with Crippen molar-refractivity contribution in [2.24, 2.45) is 17.8 Å². The molecule has 0 unspecified atom stereocenters. The first-order chi connectivity index (χ1) is 24.9. The van der Waals surface area contributed by atoms with E-state index in [1.807, 2.05) is 72.1 Å². The number of carbonyl (C=O) groups is 5. The summed E-state index contributed by atoms with van der Waals surface area (Å²) in [6, 6.07) is 6.85. The molecule has 0 aromatic heterocycles. The Morgan fingerprint density at radius 1 is 0.943 bits per heavy atom. The average Bonchev–Trinajstić information content (AvgIpc) is 3.62. The zero-order valence-electron chi connectivity index (χ0n) is 34.4. The maximum absolute atomic E-state index is 14.2. The summed E-state index contributed by atoms with van der Waals surface area (Å²) in [5.74, 6) is -2.53. The number of nitrogens with zero attached hydrogens (tertiary/aromatic N) is 3. The van der Waals surface area contributed by atoms with Crippen LogP contribution < -0.4 is 10.6 Å². The van der Waals surface area contributed by atoms with Gasteiger partial charge in [0.15, 0.2) is 0 Å². The Balaban J connectivity index is 2.28. The SMILES string of the molecule is CC[C@H](C)[C@@H]([C@@H](CC(=O)N1CCC[C@H]1[C@H](OC)[C@@H](C)C(=O)N[C@@H](Cc1ccccc1)C(=O)OC)OC)N(C)C(=O)[C@@H](NC(=O)C(C)(C)N(C)C)C(C)C. The minimum Gasteiger partial charge on any atom is -0.467 e. The van der Waals surface area contributed by atoms with Gasteiger partial charge in [-0.1, -0.05) is 71.4 Å². The topological polar surface area (TPSA) is 147 Å². The van der Waals surface area contributed by atoms with Crippen LogP contribution in [-0.4, -0.2) is 135 Å². The minimum absolute atomic E-state index is 0.00446. The number of nitrogens with one attached hydrogen (secondary N) is 2. The zero-order valence-corrected chi connectivity index (χ0v) is 34.4. The van der Waals surface area contributed by atoms with Gasteiger partial charge in [0, 0.05) is 34.2 Å². The summed E-state index contributed by atoms with van der Waals surface area (Å²) < 4.78 is 16.9. The molecule has 1 aromatic carbocycles. The first-order valence-electron chi connectivity index (χ1n) is 18.9. The normalized spacial score (nSPS) is 18.8. The number of esters is 1. The molecule has 0 aliphatic carbocycles. The molecule has 1 aliphatic heterocycles. The molecule has 1 aliphatic rings. The third-order valence-corrected chi connectivity index (χ3v) is 11.2. The van der Waals surface area contributed by atoms with Gasteiger partial charge >= 0.3 is 5.97 Å². The molecule has 13 heteroatoms. The van der Waals surface area contributed by atoms with E-state index < -0.39 is 53.8 Å². The van der Waals surface area contributed by atoms with Crippen LogP contribution in [-0.2, 0) is 44.6 Å². The number of rotatable bonds is 20. The minimum atomic E-state index is -0.890. The Morgan fingerprint density at radius 3 is 2.08 bits per heavy atom. The molecule has 13 nitrogen and oxygen atoms in total. The molecular formula is C40H67N5O8. The van der Waals surface area contributed by atoms with Gasteiger partial charge in [-0.15, -0.1) is 0 Å². The van der Waals surface area contributed by atoms with Crippen LogP contribution in [0, 0.1) is 17.8 Å². The molecular weight excluding hydrogens is 678 g/mol. The van der Waals surface area contributed by atoms with E-state index in [1.165, 1.54) is 14.2 Å². The van der Waals surface area contributed by atoms with Crippen LogP contribution in [0.2, 0.25) is 0 Å². The van der Waals surface area contributed by atoms with Crippen LogP contribution in [0.15, 0.2) is 30.3 Å². The number of hydrogen-bond acceptors (Lipinski definition) is 9. The van der Waals surface area contributed by atoms with Crippen molar-refractivity contribution in [3.63, 3.8) is 0 Å². The van der Waals surface area contributed by atoms with Gasteiger partial charge in [0.05, 0.1) is 49.3 Å². The fourth-order valence-corrected chi connectivity index (χ4v) is 7.05. The van der Waals surface area contributed by atoms with E-state index in [0.717, 1.165) is 18.4 Å². The molecule has 0 saturated carbocycles. The highest BCUT2D eigenvalue weighted by atomic mass is 16.5. The Hall–Kier alpha value is -3.55. The third kappa shape index (κ3) is 11.7. The standard InChI is InChI=1S/C40H67N5O8/c1-14-26(4)34(44(10)37(48)33(25(2)3)42-39(50)40(6,7)43(8)9)31(51-11)24-32(46)45-22-18-21-30(45)35(52-12)27(5)36(47)41-29(38(49)53-13)23-28-19-16-15-17-20-28/h15-17,19-20,25-27,29-31,33-35H,14,18,21-24H2,1-13H3,(H,41,47)(H,42,50)/t26-,27+,29-,30-,31+,33-,34-,35+/m0/s1. The summed E-state index contributed by atoms with van der Waals surface area (Å²) in [5.41, 5.74) is 0.0412. The highest BCUT2D eigenvalue weighted by molar-refractivity contribution is 5.92. The smallest absolute Gasteiger partial charge is 0.328 e. The van der Waals surface area contributed by atoms with Gasteiger partial charge in [-0.05, 0) is 58.2 Å². The first-order valence-corrected chi connectivity index (χ1v) is 18.9. The Bertz CT molecular complexity index is 1360. The van der Waals surface area contributed by atoms with Crippen LogP contribution in [0.1, 0.15) is 79.7 Å². The molecule has 2 rings (SSSR count). The fraction of sp³-hybridized carbons (Fsp3) is 0.725. The van der Waals surface area contributed by atoms with Crippen LogP contribution in [0.3, 0.4) is 0 Å². The number of ether oxygens (including phenoxy) is 3. The molecule has 1 aromatic rings. The Morgan fingerprint density at radius 2 is 1.57 bits per heavy atom. The summed E-state index contributed by atoms with van der Waals surface area (Å²) in [5, 5.41) is 5.85. The van der Waals surface area contributed by atoms with Crippen LogP contribution in [0.5, 0.6) is 0 Å². The molecule has 53 heavy (non-hydrogen) atoms. The summed E-state index contributed by atoms with van der Waals surface area (Å²) in [6.45, 7) is 13.7. The second kappa shape index (κ2) is 20.8. The molecule has 2 N–H and O–H groups in total. The number of hydrogen-bond donors (Lipinski definition) is 2. The summed E-state index contributed by atoms with van der Waals surface area (Å²) in [4.78, 5) is 73.2. The predicted molar refractivity (Wildman–Crippen MR) is 205 cm³/mol. The molecule has 4 amide bonds. The van der Waals surface area contributed by atoms with Gasteiger partial charge in [0.1, 0.15) is 12.1 Å². The van der Waals surface area contributed by atoms with E-state index >= 15 is 0 Å². The first kappa shape index (κ1) is 45.6. The quantitative estimate of drug-likeness (QED) is 0.192. The van der Waals surface area contributed by atoms with Gasteiger partial charge in [-0.3, -0.25) is 24.1 Å². The van der Waals surface area contributed by atoms with Crippen LogP contribution in [0.4, 0.5) is 0 Å². The molecule has 300 valence electrons. The molecule has 1 fully saturated rings. The number of carbonyl (C=O) groups excluding carboxylic acids is 5. The van der Waals surface area contributed by atoms with Crippen molar-refractivity contribution >= 4 is 29.6 Å². The molecule has 1 saturated heterocycles. The highest BCUT2D eigenvalue weighted by Crippen LogP contribution is 2.30. The monoisotopic (exact) mass is 745 g/mol.